The summed E-state index contributed by atoms with van der Waals surface area (Å²) in [7, 11) is 2.24. The molecule has 0 unspecified atom stereocenters. The van der Waals surface area contributed by atoms with Crippen molar-refractivity contribution in [2.24, 2.45) is 0 Å². The first kappa shape index (κ1) is 11.2. The summed E-state index contributed by atoms with van der Waals surface area (Å²) in [6.45, 7) is 2.13. The molecule has 2 aliphatic rings. The molecule has 0 atom stereocenters. The maximum atomic E-state index is 3.57. The van der Waals surface area contributed by atoms with Crippen LogP contribution in [0.2, 0.25) is 0 Å². The van der Waals surface area contributed by atoms with E-state index in [-0.39, 0.29) is 0 Å². The highest BCUT2D eigenvalue weighted by molar-refractivity contribution is 5.23. The monoisotopic (exact) mass is 230 g/mol. The van der Waals surface area contributed by atoms with Crippen LogP contribution in [0.1, 0.15) is 36.8 Å². The summed E-state index contributed by atoms with van der Waals surface area (Å²) in [5.41, 5.74) is 2.88. The molecule has 0 saturated heterocycles. The molecule has 2 nitrogen and oxygen atoms in total. The van der Waals surface area contributed by atoms with E-state index in [4.69, 9.17) is 0 Å². The maximum absolute atomic E-state index is 3.57. The van der Waals surface area contributed by atoms with Crippen molar-refractivity contribution in [2.45, 2.75) is 50.9 Å². The zero-order valence-electron chi connectivity index (χ0n) is 10.7. The highest BCUT2D eigenvalue weighted by atomic mass is 15.1. The van der Waals surface area contributed by atoms with Crippen molar-refractivity contribution in [3.8, 4) is 0 Å². The fourth-order valence-corrected chi connectivity index (χ4v) is 2.32. The minimum absolute atomic E-state index is 0.799. The second-order valence-electron chi connectivity index (χ2n) is 5.62. The molecule has 1 N–H and O–H groups in total. The van der Waals surface area contributed by atoms with Gasteiger partial charge in [-0.3, -0.25) is 4.90 Å². The van der Waals surface area contributed by atoms with Crippen LogP contribution in [-0.2, 0) is 13.1 Å². The van der Waals surface area contributed by atoms with E-state index in [9.17, 15) is 0 Å². The largest absolute Gasteiger partial charge is 0.310 e. The summed E-state index contributed by atoms with van der Waals surface area (Å²) in [5, 5.41) is 3.57. The van der Waals surface area contributed by atoms with Gasteiger partial charge in [0.15, 0.2) is 0 Å². The second-order valence-corrected chi connectivity index (χ2v) is 5.62. The summed E-state index contributed by atoms with van der Waals surface area (Å²) in [6, 6.07) is 10.7. The first-order valence-electron chi connectivity index (χ1n) is 6.83. The Morgan fingerprint density at radius 1 is 1.18 bits per heavy atom. The van der Waals surface area contributed by atoms with Crippen molar-refractivity contribution in [1.29, 1.82) is 0 Å². The molecule has 0 aromatic heterocycles. The summed E-state index contributed by atoms with van der Waals surface area (Å²) in [5.74, 6) is 0. The summed E-state index contributed by atoms with van der Waals surface area (Å²) in [4.78, 5) is 2.48. The van der Waals surface area contributed by atoms with E-state index in [1.54, 1.807) is 0 Å². The minimum Gasteiger partial charge on any atom is -0.310 e. The van der Waals surface area contributed by atoms with Crippen LogP contribution < -0.4 is 5.32 Å². The number of benzene rings is 1. The van der Waals surface area contributed by atoms with Gasteiger partial charge in [-0.05, 0) is 43.9 Å². The molecule has 1 aromatic rings. The standard InChI is InChI=1S/C15H22N2/c1-17(15-7-8-15)11-13-4-2-3-12(9-13)10-16-14-5-6-14/h2-4,9,14-16H,5-8,10-11H2,1H3. The highest BCUT2D eigenvalue weighted by Crippen LogP contribution is 2.26. The van der Waals surface area contributed by atoms with Gasteiger partial charge < -0.3 is 5.32 Å². The molecule has 2 saturated carbocycles. The number of hydrogen-bond donors (Lipinski definition) is 1. The van der Waals surface area contributed by atoms with E-state index in [1.165, 1.54) is 36.8 Å². The molecule has 2 heteroatoms. The SMILES string of the molecule is CN(Cc1cccc(CNC2CC2)c1)C1CC1. The Balaban J connectivity index is 1.56. The van der Waals surface area contributed by atoms with Gasteiger partial charge in [0, 0.05) is 25.2 Å². The van der Waals surface area contributed by atoms with Gasteiger partial charge in [0.1, 0.15) is 0 Å². The van der Waals surface area contributed by atoms with Crippen LogP contribution in [0.4, 0.5) is 0 Å². The number of rotatable bonds is 6. The molecule has 0 radical (unpaired) electrons. The lowest BCUT2D eigenvalue weighted by atomic mass is 10.1. The van der Waals surface area contributed by atoms with E-state index in [0.717, 1.165) is 25.2 Å². The summed E-state index contributed by atoms with van der Waals surface area (Å²) < 4.78 is 0. The highest BCUT2D eigenvalue weighted by Gasteiger charge is 2.25. The van der Waals surface area contributed by atoms with Gasteiger partial charge >= 0.3 is 0 Å². The van der Waals surface area contributed by atoms with E-state index >= 15 is 0 Å². The van der Waals surface area contributed by atoms with Crippen LogP contribution in [0.15, 0.2) is 24.3 Å². The molecule has 1 aromatic carbocycles. The Hall–Kier alpha value is -0.860. The minimum atomic E-state index is 0.799. The summed E-state index contributed by atoms with van der Waals surface area (Å²) >= 11 is 0. The van der Waals surface area contributed by atoms with Crippen LogP contribution in [0.5, 0.6) is 0 Å². The number of nitrogens with zero attached hydrogens (tertiary/aromatic N) is 1. The van der Waals surface area contributed by atoms with Gasteiger partial charge in [-0.2, -0.15) is 0 Å². The Kier molecular flexibility index (Phi) is 3.17. The molecule has 2 aliphatic carbocycles. The Labute approximate surface area is 104 Å². The average molecular weight is 230 g/mol. The van der Waals surface area contributed by atoms with Crippen molar-refractivity contribution >= 4 is 0 Å². The predicted molar refractivity (Wildman–Crippen MR) is 70.8 cm³/mol. The van der Waals surface area contributed by atoms with Gasteiger partial charge in [-0.25, -0.2) is 0 Å². The zero-order chi connectivity index (χ0) is 11.7. The Morgan fingerprint density at radius 3 is 2.65 bits per heavy atom. The van der Waals surface area contributed by atoms with Crippen molar-refractivity contribution in [3.05, 3.63) is 35.4 Å². The van der Waals surface area contributed by atoms with Crippen LogP contribution in [0.3, 0.4) is 0 Å². The molecular formula is C15H22N2. The van der Waals surface area contributed by atoms with E-state index in [2.05, 4.69) is 41.5 Å². The third kappa shape index (κ3) is 3.30. The normalized spacial score (nSPS) is 19.9. The predicted octanol–water partition coefficient (Wildman–Crippen LogP) is 2.53. The fraction of sp³-hybridized carbons (Fsp3) is 0.600. The molecule has 3 rings (SSSR count). The molecule has 17 heavy (non-hydrogen) atoms. The maximum Gasteiger partial charge on any atom is 0.0233 e. The molecule has 0 aliphatic heterocycles. The summed E-state index contributed by atoms with van der Waals surface area (Å²) in [6.07, 6.45) is 5.51. The van der Waals surface area contributed by atoms with Crippen molar-refractivity contribution in [1.82, 2.24) is 10.2 Å². The van der Waals surface area contributed by atoms with Crippen LogP contribution in [0.25, 0.3) is 0 Å². The fourth-order valence-electron chi connectivity index (χ4n) is 2.32. The first-order valence-corrected chi connectivity index (χ1v) is 6.83. The van der Waals surface area contributed by atoms with Crippen molar-refractivity contribution < 1.29 is 0 Å². The smallest absolute Gasteiger partial charge is 0.0233 e. The second kappa shape index (κ2) is 4.79. The van der Waals surface area contributed by atoms with E-state index in [1.807, 2.05) is 0 Å². The molecule has 0 heterocycles. The van der Waals surface area contributed by atoms with Crippen molar-refractivity contribution in [2.75, 3.05) is 7.05 Å². The van der Waals surface area contributed by atoms with Gasteiger partial charge in [0.2, 0.25) is 0 Å². The molecule has 0 bridgehead atoms. The molecule has 2 fully saturated rings. The third-order valence-corrected chi connectivity index (χ3v) is 3.77. The zero-order valence-corrected chi connectivity index (χ0v) is 10.7. The first-order chi connectivity index (χ1) is 8.31. The third-order valence-electron chi connectivity index (χ3n) is 3.77. The lowest BCUT2D eigenvalue weighted by Crippen LogP contribution is -2.20. The van der Waals surface area contributed by atoms with Crippen LogP contribution in [-0.4, -0.2) is 24.0 Å². The van der Waals surface area contributed by atoms with E-state index in [0.29, 0.717) is 0 Å². The van der Waals surface area contributed by atoms with E-state index < -0.39 is 0 Å². The average Bonchev–Trinajstić information content (AvgIpc) is 3.17. The lowest BCUT2D eigenvalue weighted by molar-refractivity contribution is 0.316. The molecule has 92 valence electrons. The number of nitrogens with one attached hydrogen (secondary N) is 1. The molecule has 0 spiro atoms. The number of hydrogen-bond acceptors (Lipinski definition) is 2. The topological polar surface area (TPSA) is 15.3 Å². The van der Waals surface area contributed by atoms with Crippen LogP contribution in [0, 0.1) is 0 Å². The van der Waals surface area contributed by atoms with Gasteiger partial charge in [-0.15, -0.1) is 0 Å². The van der Waals surface area contributed by atoms with Crippen molar-refractivity contribution in [3.63, 3.8) is 0 Å². The molecular weight excluding hydrogens is 208 g/mol. The lowest BCUT2D eigenvalue weighted by Gasteiger charge is -2.16. The Bertz CT molecular complexity index is 380. The van der Waals surface area contributed by atoms with Gasteiger partial charge in [-0.1, -0.05) is 24.3 Å². The molecule has 0 amide bonds. The quantitative estimate of drug-likeness (QED) is 0.808. The van der Waals surface area contributed by atoms with Gasteiger partial charge in [0.05, 0.1) is 0 Å². The van der Waals surface area contributed by atoms with Gasteiger partial charge in [0.25, 0.3) is 0 Å². The Morgan fingerprint density at radius 2 is 1.94 bits per heavy atom. The van der Waals surface area contributed by atoms with Crippen LogP contribution >= 0.6 is 0 Å².